The van der Waals surface area contributed by atoms with Crippen molar-refractivity contribution < 1.29 is 9.53 Å². The van der Waals surface area contributed by atoms with Crippen LogP contribution in [0.25, 0.3) is 0 Å². The van der Waals surface area contributed by atoms with E-state index in [4.69, 9.17) is 10.6 Å². The molecule has 0 aromatic heterocycles. The summed E-state index contributed by atoms with van der Waals surface area (Å²) in [5.41, 5.74) is 7.69. The molecule has 2 rings (SSSR count). The van der Waals surface area contributed by atoms with Crippen LogP contribution in [0.1, 0.15) is 51.0 Å². The lowest BCUT2D eigenvalue weighted by Gasteiger charge is -2.27. The number of carbonyl (C=O) groups excluding carboxylic acids is 1. The molecule has 1 aliphatic rings. The molecule has 6 heteroatoms. The van der Waals surface area contributed by atoms with Gasteiger partial charge in [-0.15, -0.1) is 0 Å². The van der Waals surface area contributed by atoms with Crippen LogP contribution in [0.5, 0.6) is 0 Å². The number of nitrogens with one attached hydrogen (secondary N) is 2. The first kappa shape index (κ1) is 17.0. The summed E-state index contributed by atoms with van der Waals surface area (Å²) in [7, 11) is 0. The molecule has 0 radical (unpaired) electrons. The Balaban J connectivity index is 2.31. The van der Waals surface area contributed by atoms with Gasteiger partial charge in [-0.3, -0.25) is 10.9 Å². The lowest BCUT2D eigenvalue weighted by Crippen LogP contribution is -2.34. The van der Waals surface area contributed by atoms with E-state index < -0.39 is 6.09 Å². The molecule has 0 spiro atoms. The number of nitrogens with zero attached hydrogens (tertiary/aromatic N) is 1. The second kappa shape index (κ2) is 8.33. The molecular formula is C17H24N4O2. The highest BCUT2D eigenvalue weighted by molar-refractivity contribution is 5.94. The highest BCUT2D eigenvalue weighted by Gasteiger charge is 2.30. The molecule has 0 saturated heterocycles. The van der Waals surface area contributed by atoms with Crippen molar-refractivity contribution in [2.75, 3.05) is 0 Å². The Kier molecular flexibility index (Phi) is 6.17. The third kappa shape index (κ3) is 4.32. The van der Waals surface area contributed by atoms with Gasteiger partial charge in [-0.1, -0.05) is 50.1 Å². The van der Waals surface area contributed by atoms with E-state index in [1.165, 1.54) is 0 Å². The second-order valence-electron chi connectivity index (χ2n) is 5.54. The van der Waals surface area contributed by atoms with E-state index in [2.05, 4.69) is 17.5 Å². The summed E-state index contributed by atoms with van der Waals surface area (Å²) in [5.74, 6) is 5.52. The van der Waals surface area contributed by atoms with Gasteiger partial charge in [0.25, 0.3) is 0 Å². The standard InChI is InChI=1S/C17H24N4O2/c1-3-4-6-11-14-15(13-9-7-5-8-10-13)16(12(2)20-21-14)23-17(22)19-18/h5,7-10,15,20H,3-4,6,11,18H2,1-2H3,(H,19,22). The molecule has 1 aromatic rings. The fraction of sp³-hybridized carbons (Fsp3) is 0.412. The van der Waals surface area contributed by atoms with Crippen LogP contribution in [0.2, 0.25) is 0 Å². The number of ether oxygens (including phenoxy) is 1. The highest BCUT2D eigenvalue weighted by atomic mass is 16.6. The maximum Gasteiger partial charge on any atom is 0.426 e. The second-order valence-corrected chi connectivity index (χ2v) is 5.54. The number of hydrogen-bond acceptors (Lipinski definition) is 5. The fourth-order valence-electron chi connectivity index (χ4n) is 2.65. The molecule has 23 heavy (non-hydrogen) atoms. The fourth-order valence-corrected chi connectivity index (χ4v) is 2.65. The van der Waals surface area contributed by atoms with Crippen molar-refractivity contribution in [1.82, 2.24) is 10.9 Å². The molecule has 1 atom stereocenters. The van der Waals surface area contributed by atoms with Gasteiger partial charge in [0.1, 0.15) is 5.76 Å². The third-order valence-electron chi connectivity index (χ3n) is 3.82. The molecule has 0 aliphatic carbocycles. The summed E-state index contributed by atoms with van der Waals surface area (Å²) in [6.07, 6.45) is 3.50. The van der Waals surface area contributed by atoms with E-state index in [1.54, 1.807) is 0 Å². The normalized spacial score (nSPS) is 17.3. The summed E-state index contributed by atoms with van der Waals surface area (Å²) >= 11 is 0. The Morgan fingerprint density at radius 1 is 1.35 bits per heavy atom. The number of benzene rings is 1. The summed E-state index contributed by atoms with van der Waals surface area (Å²) in [6.45, 7) is 4.00. The van der Waals surface area contributed by atoms with Crippen LogP contribution in [0, 0.1) is 0 Å². The quantitative estimate of drug-likeness (QED) is 0.325. The lowest BCUT2D eigenvalue weighted by atomic mass is 9.87. The van der Waals surface area contributed by atoms with Crippen LogP contribution < -0.4 is 16.7 Å². The molecular weight excluding hydrogens is 292 g/mol. The minimum Gasteiger partial charge on any atom is -0.411 e. The van der Waals surface area contributed by atoms with Gasteiger partial charge >= 0.3 is 6.09 Å². The predicted molar refractivity (Wildman–Crippen MR) is 90.4 cm³/mol. The van der Waals surface area contributed by atoms with Crippen molar-refractivity contribution in [3.63, 3.8) is 0 Å². The molecule has 6 nitrogen and oxygen atoms in total. The van der Waals surface area contributed by atoms with Crippen molar-refractivity contribution in [1.29, 1.82) is 0 Å². The average molecular weight is 316 g/mol. The van der Waals surface area contributed by atoms with Gasteiger partial charge in [-0.05, 0) is 25.3 Å². The highest BCUT2D eigenvalue weighted by Crippen LogP contribution is 2.33. The minimum absolute atomic E-state index is 0.174. The molecule has 1 unspecified atom stereocenters. The molecule has 4 N–H and O–H groups in total. The van der Waals surface area contributed by atoms with E-state index in [9.17, 15) is 4.79 Å². The van der Waals surface area contributed by atoms with Gasteiger partial charge in [0.05, 0.1) is 17.3 Å². The van der Waals surface area contributed by atoms with Gasteiger partial charge in [-0.25, -0.2) is 10.6 Å². The number of allylic oxidation sites excluding steroid dienone is 2. The van der Waals surface area contributed by atoms with Crippen LogP contribution in [0.15, 0.2) is 46.9 Å². The maximum absolute atomic E-state index is 11.6. The van der Waals surface area contributed by atoms with Gasteiger partial charge in [0.15, 0.2) is 0 Å². The van der Waals surface area contributed by atoms with Gasteiger partial charge in [-0.2, -0.15) is 5.10 Å². The first-order valence-electron chi connectivity index (χ1n) is 7.94. The van der Waals surface area contributed by atoms with Crippen LogP contribution in [-0.4, -0.2) is 11.8 Å². The minimum atomic E-state index is -0.683. The van der Waals surface area contributed by atoms with Gasteiger partial charge < -0.3 is 4.74 Å². The van der Waals surface area contributed by atoms with Crippen molar-refractivity contribution >= 4 is 11.8 Å². The monoisotopic (exact) mass is 316 g/mol. The Morgan fingerprint density at radius 2 is 2.09 bits per heavy atom. The molecule has 1 amide bonds. The van der Waals surface area contributed by atoms with E-state index in [1.807, 2.05) is 42.7 Å². The molecule has 1 aromatic carbocycles. The number of nitrogens with two attached hydrogens (primary N) is 1. The summed E-state index contributed by atoms with van der Waals surface area (Å²) in [4.78, 5) is 11.6. The first-order valence-corrected chi connectivity index (χ1v) is 7.94. The lowest BCUT2D eigenvalue weighted by molar-refractivity contribution is 0.170. The smallest absolute Gasteiger partial charge is 0.411 e. The summed E-state index contributed by atoms with van der Waals surface area (Å²) < 4.78 is 5.42. The zero-order valence-electron chi connectivity index (χ0n) is 13.6. The van der Waals surface area contributed by atoms with Crippen molar-refractivity contribution in [3.8, 4) is 0 Å². The average Bonchev–Trinajstić information content (AvgIpc) is 2.58. The first-order chi connectivity index (χ1) is 11.2. The Morgan fingerprint density at radius 3 is 2.74 bits per heavy atom. The largest absolute Gasteiger partial charge is 0.426 e. The van der Waals surface area contributed by atoms with Crippen LogP contribution in [-0.2, 0) is 4.74 Å². The number of rotatable bonds is 6. The predicted octanol–water partition coefficient (Wildman–Crippen LogP) is 3.14. The Hall–Kier alpha value is -2.34. The number of unbranched alkanes of at least 4 members (excludes halogenated alkanes) is 2. The summed E-state index contributed by atoms with van der Waals surface area (Å²) in [5, 5.41) is 4.49. The zero-order chi connectivity index (χ0) is 16.7. The number of amides is 1. The van der Waals surface area contributed by atoms with E-state index >= 15 is 0 Å². The molecule has 0 bridgehead atoms. The molecule has 1 heterocycles. The van der Waals surface area contributed by atoms with Crippen LogP contribution >= 0.6 is 0 Å². The molecule has 1 aliphatic heterocycles. The number of hydrogen-bond donors (Lipinski definition) is 3. The molecule has 124 valence electrons. The third-order valence-corrected chi connectivity index (χ3v) is 3.82. The van der Waals surface area contributed by atoms with E-state index in [0.717, 1.165) is 37.0 Å². The Bertz CT molecular complexity index is 596. The van der Waals surface area contributed by atoms with Crippen molar-refractivity contribution in [2.24, 2.45) is 10.9 Å². The van der Waals surface area contributed by atoms with Crippen molar-refractivity contribution in [2.45, 2.75) is 45.4 Å². The topological polar surface area (TPSA) is 88.7 Å². The van der Waals surface area contributed by atoms with Gasteiger partial charge in [0.2, 0.25) is 0 Å². The molecule has 0 fully saturated rings. The van der Waals surface area contributed by atoms with Gasteiger partial charge in [0, 0.05) is 0 Å². The van der Waals surface area contributed by atoms with Crippen molar-refractivity contribution in [3.05, 3.63) is 47.4 Å². The van der Waals surface area contributed by atoms with E-state index in [-0.39, 0.29) is 5.92 Å². The summed E-state index contributed by atoms with van der Waals surface area (Å²) in [6, 6.07) is 9.93. The van der Waals surface area contributed by atoms with E-state index in [0.29, 0.717) is 11.5 Å². The van der Waals surface area contributed by atoms with Crippen LogP contribution in [0.3, 0.4) is 0 Å². The van der Waals surface area contributed by atoms with Crippen LogP contribution in [0.4, 0.5) is 4.79 Å². The Labute approximate surface area is 136 Å². The maximum atomic E-state index is 11.6. The number of hydrazone groups is 1. The molecule has 0 saturated carbocycles. The number of carbonyl (C=O) groups is 1. The SMILES string of the molecule is CCCCCC1=NNC(C)=C(OC(=O)NN)C1c1ccccc1. The zero-order valence-corrected chi connectivity index (χ0v) is 13.6. The number of hydrazine groups is 1.